The van der Waals surface area contributed by atoms with Crippen LogP contribution in [0.15, 0.2) is 65.7 Å². The second-order valence-electron chi connectivity index (χ2n) is 7.57. The largest absolute Gasteiger partial charge is 0.416 e. The van der Waals surface area contributed by atoms with Crippen molar-refractivity contribution in [3.05, 3.63) is 77.6 Å². The van der Waals surface area contributed by atoms with E-state index < -0.39 is 27.5 Å². The number of halogens is 3. The van der Waals surface area contributed by atoms with Gasteiger partial charge in [-0.25, -0.2) is 13.1 Å². The van der Waals surface area contributed by atoms with Gasteiger partial charge in [-0.15, -0.1) is 0 Å². The second kappa shape index (κ2) is 8.42. The number of amides is 1. The molecule has 32 heavy (non-hydrogen) atoms. The highest BCUT2D eigenvalue weighted by Gasteiger charge is 2.34. The molecule has 1 N–H and O–H groups in total. The van der Waals surface area contributed by atoms with Gasteiger partial charge in [0.15, 0.2) is 9.84 Å². The average Bonchev–Trinajstić information content (AvgIpc) is 3.51. The van der Waals surface area contributed by atoms with Crippen molar-refractivity contribution >= 4 is 15.7 Å². The maximum atomic E-state index is 13.1. The van der Waals surface area contributed by atoms with Crippen molar-refractivity contribution in [2.75, 3.05) is 12.3 Å². The maximum absolute atomic E-state index is 13.1. The van der Waals surface area contributed by atoms with Gasteiger partial charge in [0.25, 0.3) is 5.91 Å². The number of aromatic nitrogens is 2. The Morgan fingerprint density at radius 3 is 2.47 bits per heavy atom. The van der Waals surface area contributed by atoms with Crippen LogP contribution in [0.25, 0.3) is 5.69 Å². The molecule has 0 aliphatic heterocycles. The van der Waals surface area contributed by atoms with Crippen LogP contribution < -0.4 is 5.32 Å². The standard InChI is InChI=1S/C22H20F3N3O3S/c23-22(24,25)16-5-4-6-17(13-16)28-20(15-9-10-15)19(14-27-28)21(29)26-11-12-32(30,31)18-7-2-1-3-8-18/h1-8,13-15H,9-12H2,(H,26,29). The molecule has 0 saturated heterocycles. The lowest BCUT2D eigenvalue weighted by atomic mass is 10.1. The Balaban J connectivity index is 1.53. The summed E-state index contributed by atoms with van der Waals surface area (Å²) in [4.78, 5) is 12.9. The van der Waals surface area contributed by atoms with Crippen molar-refractivity contribution < 1.29 is 26.4 Å². The quantitative estimate of drug-likeness (QED) is 0.575. The lowest BCUT2D eigenvalue weighted by molar-refractivity contribution is -0.137. The van der Waals surface area contributed by atoms with E-state index in [2.05, 4.69) is 10.4 Å². The first-order valence-corrected chi connectivity index (χ1v) is 11.6. The normalized spacial score (nSPS) is 14.3. The molecule has 4 rings (SSSR count). The number of nitrogens with one attached hydrogen (secondary N) is 1. The zero-order valence-corrected chi connectivity index (χ0v) is 17.7. The van der Waals surface area contributed by atoms with Crippen molar-refractivity contribution in [1.82, 2.24) is 15.1 Å². The number of sulfone groups is 1. The molecule has 2 aromatic carbocycles. The first kappa shape index (κ1) is 22.1. The smallest absolute Gasteiger partial charge is 0.351 e. The van der Waals surface area contributed by atoms with Gasteiger partial charge in [-0.05, 0) is 43.2 Å². The van der Waals surface area contributed by atoms with Crippen molar-refractivity contribution in [2.24, 2.45) is 0 Å². The number of carbonyl (C=O) groups excluding carboxylic acids is 1. The fourth-order valence-corrected chi connectivity index (χ4v) is 4.62. The van der Waals surface area contributed by atoms with Crippen molar-refractivity contribution in [3.63, 3.8) is 0 Å². The third-order valence-corrected chi connectivity index (χ3v) is 6.92. The van der Waals surface area contributed by atoms with Gasteiger partial charge >= 0.3 is 6.18 Å². The Hall–Kier alpha value is -3.14. The molecule has 1 heterocycles. The molecule has 1 aliphatic carbocycles. The van der Waals surface area contributed by atoms with Crippen LogP contribution in [-0.4, -0.2) is 36.4 Å². The van der Waals surface area contributed by atoms with E-state index in [0.717, 1.165) is 25.0 Å². The van der Waals surface area contributed by atoms with Crippen LogP contribution in [0.4, 0.5) is 13.2 Å². The highest BCUT2D eigenvalue weighted by molar-refractivity contribution is 7.91. The zero-order chi connectivity index (χ0) is 22.9. The summed E-state index contributed by atoms with van der Waals surface area (Å²) in [6, 6.07) is 12.7. The Morgan fingerprint density at radius 1 is 1.09 bits per heavy atom. The van der Waals surface area contributed by atoms with Gasteiger partial charge in [-0.1, -0.05) is 24.3 Å². The number of rotatable bonds is 7. The van der Waals surface area contributed by atoms with Gasteiger partial charge in [0, 0.05) is 12.5 Å². The highest BCUT2D eigenvalue weighted by Crippen LogP contribution is 2.42. The molecule has 0 unspecified atom stereocenters. The fraction of sp³-hybridized carbons (Fsp3) is 0.273. The van der Waals surface area contributed by atoms with Crippen LogP contribution >= 0.6 is 0 Å². The maximum Gasteiger partial charge on any atom is 0.416 e. The van der Waals surface area contributed by atoms with Crippen molar-refractivity contribution in [1.29, 1.82) is 0 Å². The Morgan fingerprint density at radius 2 is 1.81 bits per heavy atom. The zero-order valence-electron chi connectivity index (χ0n) is 16.8. The summed E-state index contributed by atoms with van der Waals surface area (Å²) >= 11 is 0. The third kappa shape index (κ3) is 4.69. The van der Waals surface area contributed by atoms with Crippen molar-refractivity contribution in [3.8, 4) is 5.69 Å². The van der Waals surface area contributed by atoms with E-state index in [1.165, 1.54) is 35.1 Å². The van der Waals surface area contributed by atoms with Crippen LogP contribution in [0.5, 0.6) is 0 Å². The predicted octanol–water partition coefficient (Wildman–Crippen LogP) is 3.97. The Bertz CT molecular complexity index is 1230. The first-order chi connectivity index (χ1) is 15.2. The van der Waals surface area contributed by atoms with Gasteiger partial charge in [-0.2, -0.15) is 18.3 Å². The number of benzene rings is 2. The monoisotopic (exact) mass is 463 g/mol. The van der Waals surface area contributed by atoms with Crippen LogP contribution in [-0.2, 0) is 16.0 Å². The molecule has 1 fully saturated rings. The predicted molar refractivity (Wildman–Crippen MR) is 111 cm³/mol. The molecule has 0 radical (unpaired) electrons. The summed E-state index contributed by atoms with van der Waals surface area (Å²) in [6.07, 6.45) is -1.58. The van der Waals surface area contributed by atoms with E-state index in [9.17, 15) is 26.4 Å². The number of hydrogen-bond donors (Lipinski definition) is 1. The summed E-state index contributed by atoms with van der Waals surface area (Å²) in [7, 11) is -3.55. The Labute approximate surface area is 183 Å². The molecule has 1 saturated carbocycles. The molecule has 3 aromatic rings. The van der Waals surface area contributed by atoms with Gasteiger partial charge in [0.05, 0.1) is 39.4 Å². The van der Waals surface area contributed by atoms with Gasteiger partial charge in [0.1, 0.15) is 0 Å². The number of nitrogens with zero attached hydrogens (tertiary/aromatic N) is 2. The van der Waals surface area contributed by atoms with E-state index >= 15 is 0 Å². The van der Waals surface area contributed by atoms with E-state index in [1.54, 1.807) is 18.2 Å². The lowest BCUT2D eigenvalue weighted by Gasteiger charge is -2.12. The molecule has 1 amide bonds. The van der Waals surface area contributed by atoms with E-state index in [-0.39, 0.29) is 34.4 Å². The van der Waals surface area contributed by atoms with E-state index in [0.29, 0.717) is 5.69 Å². The molecule has 168 valence electrons. The third-order valence-electron chi connectivity index (χ3n) is 5.19. The van der Waals surface area contributed by atoms with Crippen LogP contribution in [0, 0.1) is 0 Å². The summed E-state index contributed by atoms with van der Waals surface area (Å²) in [6.45, 7) is -0.102. The summed E-state index contributed by atoms with van der Waals surface area (Å²) in [5, 5.41) is 6.76. The molecule has 6 nitrogen and oxygen atoms in total. The van der Waals surface area contributed by atoms with Gasteiger partial charge in [0.2, 0.25) is 0 Å². The fourth-order valence-electron chi connectivity index (χ4n) is 3.44. The van der Waals surface area contributed by atoms with Crippen LogP contribution in [0.2, 0.25) is 0 Å². The van der Waals surface area contributed by atoms with Gasteiger partial charge < -0.3 is 5.32 Å². The van der Waals surface area contributed by atoms with E-state index in [1.807, 2.05) is 0 Å². The molecular formula is C22H20F3N3O3S. The minimum atomic E-state index is -4.49. The van der Waals surface area contributed by atoms with Crippen molar-refractivity contribution in [2.45, 2.75) is 29.8 Å². The molecule has 0 spiro atoms. The van der Waals surface area contributed by atoms with Gasteiger partial charge in [-0.3, -0.25) is 4.79 Å². The SMILES string of the molecule is O=C(NCCS(=O)(=O)c1ccccc1)c1cnn(-c2cccc(C(F)(F)F)c2)c1C1CC1. The molecular weight excluding hydrogens is 443 g/mol. The minimum Gasteiger partial charge on any atom is -0.351 e. The number of carbonyl (C=O) groups is 1. The van der Waals surface area contributed by atoms with E-state index in [4.69, 9.17) is 0 Å². The molecule has 0 bridgehead atoms. The summed E-state index contributed by atoms with van der Waals surface area (Å²) < 4.78 is 65.4. The average molecular weight is 463 g/mol. The van der Waals surface area contributed by atoms with Crippen LogP contribution in [0.3, 0.4) is 0 Å². The molecule has 10 heteroatoms. The lowest BCUT2D eigenvalue weighted by Crippen LogP contribution is -2.29. The number of hydrogen-bond acceptors (Lipinski definition) is 4. The number of alkyl halides is 3. The topological polar surface area (TPSA) is 81.1 Å². The highest BCUT2D eigenvalue weighted by atomic mass is 32.2. The molecule has 0 atom stereocenters. The van der Waals surface area contributed by atoms with Crippen LogP contribution in [0.1, 0.15) is 40.4 Å². The summed E-state index contributed by atoms with van der Waals surface area (Å²) in [5.74, 6) is -0.766. The molecule has 1 aliphatic rings. The summed E-state index contributed by atoms with van der Waals surface area (Å²) in [5.41, 5.74) is 0.187. The first-order valence-electron chi connectivity index (χ1n) is 9.98. The molecule has 1 aromatic heterocycles. The minimum absolute atomic E-state index is 0.0147. The Kier molecular flexibility index (Phi) is 5.81. The second-order valence-corrected chi connectivity index (χ2v) is 9.67.